The summed E-state index contributed by atoms with van der Waals surface area (Å²) in [6.45, 7) is 9.12. The summed E-state index contributed by atoms with van der Waals surface area (Å²) in [5.74, 6) is 0.675. The first-order valence-corrected chi connectivity index (χ1v) is 9.05. The molecular weight excluding hydrogens is 330 g/mol. The number of benzene rings is 1. The van der Waals surface area contributed by atoms with E-state index < -0.39 is 0 Å². The first kappa shape index (κ1) is 18.0. The number of thioether (sulfide) groups is 1. The standard InChI is InChI=1S/C17H22ClN3OS/c1-4-21(5-2)10-13-6-7-14(15(18)9-13)11-23-17-19-12(3)8-16(22)20-17/h6-9H,4-5,10-11H2,1-3H3,(H,19,20,22). The summed E-state index contributed by atoms with van der Waals surface area (Å²) in [5.41, 5.74) is 3.02. The summed E-state index contributed by atoms with van der Waals surface area (Å²) in [7, 11) is 0. The second kappa shape index (κ2) is 8.52. The van der Waals surface area contributed by atoms with Gasteiger partial charge in [-0.25, -0.2) is 4.98 Å². The molecule has 124 valence electrons. The first-order chi connectivity index (χ1) is 11.0. The fourth-order valence-corrected chi connectivity index (χ4v) is 3.50. The number of rotatable bonds is 7. The molecule has 0 saturated heterocycles. The Morgan fingerprint density at radius 3 is 2.52 bits per heavy atom. The van der Waals surface area contributed by atoms with Crippen LogP contribution in [0.25, 0.3) is 0 Å². The van der Waals surface area contributed by atoms with Gasteiger partial charge in [-0.1, -0.05) is 49.3 Å². The van der Waals surface area contributed by atoms with Crippen molar-refractivity contribution in [3.05, 3.63) is 46.1 Å². The van der Waals surface area contributed by atoms with Gasteiger partial charge in [0, 0.05) is 29.1 Å². The zero-order valence-corrected chi connectivity index (χ0v) is 15.3. The molecule has 2 rings (SSSR count). The van der Waals surface area contributed by atoms with Gasteiger partial charge in [-0.05, 0) is 37.2 Å². The lowest BCUT2D eigenvalue weighted by Crippen LogP contribution is -2.22. The highest BCUT2D eigenvalue weighted by molar-refractivity contribution is 7.98. The molecule has 0 radical (unpaired) electrons. The summed E-state index contributed by atoms with van der Waals surface area (Å²) in [5, 5.41) is 10.8. The molecule has 0 amide bonds. The minimum absolute atomic E-state index is 0.000618. The number of aromatic hydroxyl groups is 1. The van der Waals surface area contributed by atoms with Gasteiger partial charge in [-0.3, -0.25) is 4.90 Å². The highest BCUT2D eigenvalue weighted by atomic mass is 35.5. The van der Waals surface area contributed by atoms with E-state index in [4.69, 9.17) is 11.6 Å². The normalized spacial score (nSPS) is 11.2. The Morgan fingerprint density at radius 2 is 1.91 bits per heavy atom. The smallest absolute Gasteiger partial charge is 0.215 e. The lowest BCUT2D eigenvalue weighted by Gasteiger charge is -2.18. The van der Waals surface area contributed by atoms with Gasteiger partial charge in [0.1, 0.15) is 0 Å². The van der Waals surface area contributed by atoms with Crippen LogP contribution in [0, 0.1) is 6.92 Å². The Bertz CT molecular complexity index is 642. The SMILES string of the molecule is CCN(CC)Cc1ccc(CSc2nc(C)cc(O)n2)c(Cl)c1. The fourth-order valence-electron chi connectivity index (χ4n) is 2.24. The predicted molar refractivity (Wildman–Crippen MR) is 96.1 cm³/mol. The molecule has 0 spiro atoms. The van der Waals surface area contributed by atoms with Crippen LogP contribution in [0.1, 0.15) is 30.7 Å². The van der Waals surface area contributed by atoms with Crippen LogP contribution < -0.4 is 0 Å². The van der Waals surface area contributed by atoms with Crippen molar-refractivity contribution in [1.82, 2.24) is 14.9 Å². The number of hydrogen-bond donors (Lipinski definition) is 1. The Labute approximate surface area is 146 Å². The maximum absolute atomic E-state index is 9.52. The Kier molecular flexibility index (Phi) is 6.69. The number of nitrogens with zero attached hydrogens (tertiary/aromatic N) is 3. The zero-order chi connectivity index (χ0) is 16.8. The molecule has 0 aliphatic rings. The van der Waals surface area contributed by atoms with Crippen molar-refractivity contribution in [2.45, 2.75) is 38.2 Å². The second-order valence-electron chi connectivity index (χ2n) is 5.33. The van der Waals surface area contributed by atoms with Crippen LogP contribution in [0.3, 0.4) is 0 Å². The average molecular weight is 352 g/mol. The van der Waals surface area contributed by atoms with E-state index in [1.165, 1.54) is 17.3 Å². The van der Waals surface area contributed by atoms with E-state index in [-0.39, 0.29) is 5.88 Å². The summed E-state index contributed by atoms with van der Waals surface area (Å²) in [6, 6.07) is 7.75. The molecule has 0 saturated carbocycles. The van der Waals surface area contributed by atoms with Crippen LogP contribution in [-0.4, -0.2) is 33.1 Å². The molecule has 0 bridgehead atoms. The van der Waals surface area contributed by atoms with Crippen LogP contribution in [0.5, 0.6) is 5.88 Å². The Morgan fingerprint density at radius 1 is 1.17 bits per heavy atom. The van der Waals surface area contributed by atoms with E-state index in [1.807, 2.05) is 13.0 Å². The third-order valence-corrected chi connectivity index (χ3v) is 4.84. The van der Waals surface area contributed by atoms with Crippen molar-refractivity contribution >= 4 is 23.4 Å². The molecule has 0 fully saturated rings. The minimum atomic E-state index is 0.000618. The van der Waals surface area contributed by atoms with E-state index in [9.17, 15) is 5.11 Å². The summed E-state index contributed by atoms with van der Waals surface area (Å²) < 4.78 is 0. The molecule has 6 heteroatoms. The predicted octanol–water partition coefficient (Wildman–Crippen LogP) is 4.28. The molecule has 2 aromatic rings. The number of halogens is 1. The van der Waals surface area contributed by atoms with Crippen molar-refractivity contribution in [3.63, 3.8) is 0 Å². The van der Waals surface area contributed by atoms with Crippen LogP contribution in [0.2, 0.25) is 5.02 Å². The van der Waals surface area contributed by atoms with Crippen LogP contribution >= 0.6 is 23.4 Å². The maximum atomic E-state index is 9.52. The third-order valence-electron chi connectivity index (χ3n) is 3.60. The summed E-state index contributed by atoms with van der Waals surface area (Å²) >= 11 is 7.87. The lowest BCUT2D eigenvalue weighted by molar-refractivity contribution is 0.296. The van der Waals surface area contributed by atoms with E-state index in [0.717, 1.165) is 35.9 Å². The van der Waals surface area contributed by atoms with Gasteiger partial charge in [0.15, 0.2) is 5.16 Å². The third kappa shape index (κ3) is 5.37. The van der Waals surface area contributed by atoms with Gasteiger partial charge in [-0.15, -0.1) is 0 Å². The molecule has 0 atom stereocenters. The first-order valence-electron chi connectivity index (χ1n) is 7.69. The number of aromatic nitrogens is 2. The zero-order valence-electron chi connectivity index (χ0n) is 13.7. The minimum Gasteiger partial charge on any atom is -0.493 e. The largest absolute Gasteiger partial charge is 0.493 e. The summed E-state index contributed by atoms with van der Waals surface area (Å²) in [4.78, 5) is 10.7. The molecule has 23 heavy (non-hydrogen) atoms. The number of hydrogen-bond acceptors (Lipinski definition) is 5. The lowest BCUT2D eigenvalue weighted by atomic mass is 10.1. The van der Waals surface area contributed by atoms with Crippen LogP contribution in [-0.2, 0) is 12.3 Å². The van der Waals surface area contributed by atoms with Crippen molar-refractivity contribution in [2.75, 3.05) is 13.1 Å². The second-order valence-corrected chi connectivity index (χ2v) is 6.68. The quantitative estimate of drug-likeness (QED) is 0.596. The van der Waals surface area contributed by atoms with Gasteiger partial charge >= 0.3 is 0 Å². The molecule has 4 nitrogen and oxygen atoms in total. The summed E-state index contributed by atoms with van der Waals surface area (Å²) in [6.07, 6.45) is 0. The Balaban J connectivity index is 2.03. The van der Waals surface area contributed by atoms with E-state index in [2.05, 4.69) is 40.8 Å². The molecule has 0 aliphatic heterocycles. The van der Waals surface area contributed by atoms with Gasteiger partial charge in [0.25, 0.3) is 0 Å². The van der Waals surface area contributed by atoms with E-state index in [0.29, 0.717) is 10.9 Å². The fraction of sp³-hybridized carbons (Fsp3) is 0.412. The monoisotopic (exact) mass is 351 g/mol. The molecule has 1 heterocycles. The highest BCUT2D eigenvalue weighted by Crippen LogP contribution is 2.27. The van der Waals surface area contributed by atoms with E-state index in [1.54, 1.807) is 6.07 Å². The van der Waals surface area contributed by atoms with Gasteiger partial charge in [0.05, 0.1) is 0 Å². The van der Waals surface area contributed by atoms with Crippen molar-refractivity contribution in [3.8, 4) is 5.88 Å². The average Bonchev–Trinajstić information content (AvgIpc) is 2.51. The van der Waals surface area contributed by atoms with Crippen molar-refractivity contribution in [2.24, 2.45) is 0 Å². The molecule has 1 aromatic carbocycles. The topological polar surface area (TPSA) is 49.2 Å². The molecule has 0 aliphatic carbocycles. The van der Waals surface area contributed by atoms with Crippen LogP contribution in [0.4, 0.5) is 0 Å². The van der Waals surface area contributed by atoms with E-state index >= 15 is 0 Å². The highest BCUT2D eigenvalue weighted by Gasteiger charge is 2.08. The Hall–Kier alpha value is -1.30. The van der Waals surface area contributed by atoms with Crippen LogP contribution in [0.15, 0.2) is 29.4 Å². The van der Waals surface area contributed by atoms with Crippen molar-refractivity contribution in [1.29, 1.82) is 0 Å². The van der Waals surface area contributed by atoms with Gasteiger partial charge < -0.3 is 5.11 Å². The molecule has 1 N–H and O–H groups in total. The maximum Gasteiger partial charge on any atom is 0.215 e. The molecule has 1 aromatic heterocycles. The van der Waals surface area contributed by atoms with Gasteiger partial charge in [-0.2, -0.15) is 4.98 Å². The molecular formula is C17H22ClN3OS. The molecule has 0 unspecified atom stereocenters. The van der Waals surface area contributed by atoms with Gasteiger partial charge in [0.2, 0.25) is 5.88 Å². The number of aryl methyl sites for hydroxylation is 1. The van der Waals surface area contributed by atoms with Crippen molar-refractivity contribution < 1.29 is 5.11 Å².